The molecule has 155 valence electrons. The molecule has 2 aromatic carbocycles. The van der Waals surface area contributed by atoms with Crippen LogP contribution in [0.5, 0.6) is 0 Å². The van der Waals surface area contributed by atoms with Gasteiger partial charge in [0.25, 0.3) is 0 Å². The van der Waals surface area contributed by atoms with Crippen molar-refractivity contribution in [2.45, 2.75) is 109 Å². The molecule has 3 rings (SSSR count). The van der Waals surface area contributed by atoms with Crippen LogP contribution in [0.3, 0.4) is 0 Å². The van der Waals surface area contributed by atoms with E-state index < -0.39 is 0 Å². The molecule has 2 aromatic rings. The third-order valence-corrected chi connectivity index (χ3v) is 6.86. The number of rotatable bonds is 14. The van der Waals surface area contributed by atoms with E-state index in [0.29, 0.717) is 0 Å². The van der Waals surface area contributed by atoms with Gasteiger partial charge in [-0.2, -0.15) is 0 Å². The second-order valence-electron chi connectivity index (χ2n) is 8.98. The van der Waals surface area contributed by atoms with Crippen molar-refractivity contribution in [2.75, 3.05) is 0 Å². The largest absolute Gasteiger partial charge is 0.0654 e. The number of hydrogen-bond acceptors (Lipinski definition) is 0. The molecular weight excluding hydrogens is 348 g/mol. The first kappa shape index (κ1) is 22.1. The molecule has 0 nitrogen and oxygen atoms in total. The maximum atomic E-state index is 3.57. The minimum absolute atomic E-state index is 0.135. The Morgan fingerprint density at radius 2 is 1.28 bits per heavy atom. The molecule has 0 unspecified atom stereocenters. The first-order valence-corrected chi connectivity index (χ1v) is 12.3. The van der Waals surface area contributed by atoms with Crippen molar-refractivity contribution in [3.63, 3.8) is 0 Å². The molecule has 0 spiro atoms. The lowest BCUT2D eigenvalue weighted by Crippen LogP contribution is -2.25. The van der Waals surface area contributed by atoms with E-state index in [2.05, 4.69) is 56.3 Å². The van der Waals surface area contributed by atoms with Gasteiger partial charge >= 0.3 is 0 Å². The van der Waals surface area contributed by atoms with E-state index in [9.17, 15) is 0 Å². The van der Waals surface area contributed by atoms with Crippen molar-refractivity contribution in [2.24, 2.45) is 0 Å². The predicted octanol–water partition coefficient (Wildman–Crippen LogP) is 8.85. The highest BCUT2D eigenvalue weighted by molar-refractivity contribution is 5.80. The van der Waals surface area contributed by atoms with E-state index in [1.54, 1.807) is 0 Å². The highest BCUT2D eigenvalue weighted by Crippen LogP contribution is 2.53. The zero-order valence-corrected chi connectivity index (χ0v) is 18.8. The Kier molecular flexibility index (Phi) is 8.84. The van der Waals surface area contributed by atoms with Crippen molar-refractivity contribution < 1.29 is 0 Å². The predicted molar refractivity (Wildman–Crippen MR) is 125 cm³/mol. The molecule has 1 aliphatic carbocycles. The van der Waals surface area contributed by atoms with Gasteiger partial charge in [0, 0.05) is 5.41 Å². The summed E-state index contributed by atoms with van der Waals surface area (Å²) in [4.78, 5) is 0. The quantitative estimate of drug-likeness (QED) is 0.284. The zero-order valence-electron chi connectivity index (χ0n) is 18.8. The van der Waals surface area contributed by atoms with Gasteiger partial charge in [-0.05, 0) is 59.4 Å². The van der Waals surface area contributed by atoms with E-state index in [4.69, 9.17) is 0 Å². The maximum absolute atomic E-state index is 3.57. The molecule has 1 aliphatic rings. The average molecular weight is 388 g/mol. The summed E-state index contributed by atoms with van der Waals surface area (Å²) < 4.78 is 0. The molecule has 0 bridgehead atoms. The van der Waals surface area contributed by atoms with Gasteiger partial charge in [0.15, 0.2) is 0 Å². The molecule has 0 saturated heterocycles. The van der Waals surface area contributed by atoms with Crippen LogP contribution in [0, 0.1) is 18.2 Å². The van der Waals surface area contributed by atoms with Crippen molar-refractivity contribution in [1.82, 2.24) is 0 Å². The normalized spacial score (nSPS) is 14.0. The lowest BCUT2D eigenvalue weighted by molar-refractivity contribution is 0.397. The Balaban J connectivity index is 1.75. The van der Waals surface area contributed by atoms with E-state index in [0.717, 1.165) is 0 Å². The molecule has 0 fully saturated rings. The fraction of sp³-hybridized carbons (Fsp3) is 0.586. The van der Waals surface area contributed by atoms with Gasteiger partial charge in [-0.1, -0.05) is 115 Å². The second kappa shape index (κ2) is 11.6. The van der Waals surface area contributed by atoms with Gasteiger partial charge in [0.05, 0.1) is 0 Å². The molecule has 3 radical (unpaired) electrons. The molecule has 0 atom stereocenters. The standard InChI is InChI=1S/C29H39/c1-3-5-7-9-11-17-23-29(24-18-12-10-8-6-4-2)27-21-15-13-19-25(27)26-20-14-16-22-28(26)29/h13-14,19-21H,3-12,17-18,23-24H2,1-2H3. The Morgan fingerprint density at radius 3 is 1.93 bits per heavy atom. The Hall–Kier alpha value is -1.56. The van der Waals surface area contributed by atoms with Gasteiger partial charge in [0.1, 0.15) is 0 Å². The number of benzene rings is 2. The fourth-order valence-corrected chi connectivity index (χ4v) is 5.25. The van der Waals surface area contributed by atoms with Crippen LogP contribution < -0.4 is 0 Å². The van der Waals surface area contributed by atoms with Crippen LogP contribution in [-0.2, 0) is 5.41 Å². The average Bonchev–Trinajstić information content (AvgIpc) is 3.04. The van der Waals surface area contributed by atoms with Crippen LogP contribution in [0.4, 0.5) is 0 Å². The molecule has 0 N–H and O–H groups in total. The van der Waals surface area contributed by atoms with E-state index in [-0.39, 0.29) is 5.41 Å². The Labute approximate surface area is 180 Å². The third-order valence-electron chi connectivity index (χ3n) is 6.86. The van der Waals surface area contributed by atoms with Crippen LogP contribution in [0.15, 0.2) is 30.3 Å². The summed E-state index contributed by atoms with van der Waals surface area (Å²) >= 11 is 0. The Bertz CT molecular complexity index is 663. The van der Waals surface area contributed by atoms with Crippen LogP contribution in [-0.4, -0.2) is 0 Å². The molecule has 0 amide bonds. The molecule has 0 heteroatoms. The fourth-order valence-electron chi connectivity index (χ4n) is 5.25. The molecule has 0 heterocycles. The second-order valence-corrected chi connectivity index (χ2v) is 8.98. The molecule has 0 aromatic heterocycles. The van der Waals surface area contributed by atoms with Crippen molar-refractivity contribution in [3.8, 4) is 11.1 Å². The van der Waals surface area contributed by atoms with Gasteiger partial charge < -0.3 is 0 Å². The van der Waals surface area contributed by atoms with Gasteiger partial charge in [0.2, 0.25) is 0 Å². The van der Waals surface area contributed by atoms with Crippen molar-refractivity contribution >= 4 is 0 Å². The first-order chi connectivity index (χ1) is 14.3. The maximum Gasteiger partial charge on any atom is 0.0221 e. The van der Waals surface area contributed by atoms with Crippen molar-refractivity contribution in [3.05, 3.63) is 59.7 Å². The molecule has 29 heavy (non-hydrogen) atoms. The minimum atomic E-state index is 0.135. The number of unbranched alkanes of at least 4 members (excludes halogenated alkanes) is 10. The highest BCUT2D eigenvalue weighted by atomic mass is 14.4. The van der Waals surface area contributed by atoms with E-state index >= 15 is 0 Å². The zero-order chi connectivity index (χ0) is 20.4. The summed E-state index contributed by atoms with van der Waals surface area (Å²) in [5.74, 6) is 0. The van der Waals surface area contributed by atoms with Crippen LogP contribution >= 0.6 is 0 Å². The topological polar surface area (TPSA) is 0 Å². The lowest BCUT2D eigenvalue weighted by Gasteiger charge is -2.32. The molecular formula is C29H39. The van der Waals surface area contributed by atoms with Gasteiger partial charge in [-0.15, -0.1) is 0 Å². The lowest BCUT2D eigenvalue weighted by atomic mass is 9.70. The molecule has 0 aliphatic heterocycles. The van der Waals surface area contributed by atoms with Gasteiger partial charge in [-0.3, -0.25) is 0 Å². The number of fused-ring (bicyclic) bond motifs is 3. The summed E-state index contributed by atoms with van der Waals surface area (Å²) in [5.41, 5.74) is 5.87. The molecule has 0 saturated carbocycles. The van der Waals surface area contributed by atoms with Gasteiger partial charge in [-0.25, -0.2) is 0 Å². The smallest absolute Gasteiger partial charge is 0.0221 e. The van der Waals surface area contributed by atoms with Crippen molar-refractivity contribution in [1.29, 1.82) is 0 Å². The minimum Gasteiger partial charge on any atom is -0.0654 e. The van der Waals surface area contributed by atoms with Crippen LogP contribution in [0.2, 0.25) is 0 Å². The SMILES string of the molecule is CCCCCCCCC1(CCCCCCCC)c2[c][c]ccc2-c2cc[c]cc21. The van der Waals surface area contributed by atoms with Crippen LogP contribution in [0.25, 0.3) is 11.1 Å². The summed E-state index contributed by atoms with van der Waals surface area (Å²) in [5, 5.41) is 0. The summed E-state index contributed by atoms with van der Waals surface area (Å²) in [6.07, 6.45) is 18.8. The van der Waals surface area contributed by atoms with E-state index in [1.165, 1.54) is 112 Å². The summed E-state index contributed by atoms with van der Waals surface area (Å²) in [6.45, 7) is 4.59. The van der Waals surface area contributed by atoms with E-state index in [1.807, 2.05) is 6.07 Å². The Morgan fingerprint density at radius 1 is 0.690 bits per heavy atom. The summed E-state index contributed by atoms with van der Waals surface area (Å²) in [7, 11) is 0. The summed E-state index contributed by atoms with van der Waals surface area (Å²) in [6, 6.07) is 21.2. The monoisotopic (exact) mass is 387 g/mol. The first-order valence-electron chi connectivity index (χ1n) is 12.3. The highest BCUT2D eigenvalue weighted by Gasteiger charge is 2.41. The third kappa shape index (κ3) is 5.33. The van der Waals surface area contributed by atoms with Crippen LogP contribution in [0.1, 0.15) is 115 Å². The number of hydrogen-bond donors (Lipinski definition) is 0.